The first kappa shape index (κ1) is 13.0. The second-order valence-electron chi connectivity index (χ2n) is 3.96. The SMILES string of the molecule is CC(C)NC(=O)CNC(=O)c1cccc(O)c1. The Labute approximate surface area is 99.8 Å². The van der Waals surface area contributed by atoms with E-state index in [9.17, 15) is 14.7 Å². The molecule has 5 nitrogen and oxygen atoms in total. The van der Waals surface area contributed by atoms with Gasteiger partial charge in [-0.1, -0.05) is 6.07 Å². The van der Waals surface area contributed by atoms with Crippen molar-refractivity contribution in [2.45, 2.75) is 19.9 Å². The van der Waals surface area contributed by atoms with Gasteiger partial charge < -0.3 is 15.7 Å². The second-order valence-corrected chi connectivity index (χ2v) is 3.96. The van der Waals surface area contributed by atoms with Gasteiger partial charge in [0.15, 0.2) is 0 Å². The molecule has 0 bridgehead atoms. The molecule has 0 aliphatic rings. The molecule has 0 heterocycles. The number of aromatic hydroxyl groups is 1. The zero-order chi connectivity index (χ0) is 12.8. The van der Waals surface area contributed by atoms with Gasteiger partial charge >= 0.3 is 0 Å². The number of hydrogen-bond acceptors (Lipinski definition) is 3. The first-order chi connectivity index (χ1) is 7.99. The van der Waals surface area contributed by atoms with Gasteiger partial charge in [-0.3, -0.25) is 9.59 Å². The van der Waals surface area contributed by atoms with Crippen LogP contribution in [0.25, 0.3) is 0 Å². The summed E-state index contributed by atoms with van der Waals surface area (Å²) in [6.45, 7) is 3.61. The number of carbonyl (C=O) groups excluding carboxylic acids is 2. The highest BCUT2D eigenvalue weighted by Gasteiger charge is 2.08. The summed E-state index contributed by atoms with van der Waals surface area (Å²) < 4.78 is 0. The predicted molar refractivity (Wildman–Crippen MR) is 63.7 cm³/mol. The molecule has 0 unspecified atom stereocenters. The van der Waals surface area contributed by atoms with Gasteiger partial charge in [-0.05, 0) is 32.0 Å². The minimum absolute atomic E-state index is 0.0179. The maximum absolute atomic E-state index is 11.6. The Bertz CT molecular complexity index is 416. The van der Waals surface area contributed by atoms with E-state index in [0.29, 0.717) is 5.56 Å². The lowest BCUT2D eigenvalue weighted by Crippen LogP contribution is -2.39. The van der Waals surface area contributed by atoms with Gasteiger partial charge in [-0.25, -0.2) is 0 Å². The Morgan fingerprint density at radius 2 is 2.06 bits per heavy atom. The van der Waals surface area contributed by atoms with Crippen LogP contribution in [0.5, 0.6) is 5.75 Å². The normalized spacial score (nSPS) is 10.1. The van der Waals surface area contributed by atoms with Crippen molar-refractivity contribution in [3.05, 3.63) is 29.8 Å². The van der Waals surface area contributed by atoms with Crippen LogP contribution in [-0.2, 0) is 4.79 Å². The van der Waals surface area contributed by atoms with E-state index in [1.165, 1.54) is 12.1 Å². The number of carbonyl (C=O) groups is 2. The third-order valence-electron chi connectivity index (χ3n) is 1.97. The van der Waals surface area contributed by atoms with Crippen LogP contribution in [0.15, 0.2) is 24.3 Å². The van der Waals surface area contributed by atoms with Crippen molar-refractivity contribution < 1.29 is 14.7 Å². The predicted octanol–water partition coefficient (Wildman–Crippen LogP) is 0.647. The molecular weight excluding hydrogens is 220 g/mol. The van der Waals surface area contributed by atoms with Crippen molar-refractivity contribution in [2.24, 2.45) is 0 Å². The lowest BCUT2D eigenvalue weighted by Gasteiger charge is -2.09. The quantitative estimate of drug-likeness (QED) is 0.718. The first-order valence-electron chi connectivity index (χ1n) is 5.35. The van der Waals surface area contributed by atoms with Crippen LogP contribution in [0, 0.1) is 0 Å². The number of rotatable bonds is 4. The van der Waals surface area contributed by atoms with Crippen molar-refractivity contribution in [2.75, 3.05) is 6.54 Å². The van der Waals surface area contributed by atoms with E-state index in [0.717, 1.165) is 0 Å². The molecule has 92 valence electrons. The smallest absolute Gasteiger partial charge is 0.251 e. The summed E-state index contributed by atoms with van der Waals surface area (Å²) in [6.07, 6.45) is 0. The molecule has 1 rings (SSSR count). The molecule has 0 aliphatic carbocycles. The highest BCUT2D eigenvalue weighted by molar-refractivity contribution is 5.96. The summed E-state index contributed by atoms with van der Waals surface area (Å²) in [5.74, 6) is -0.613. The topological polar surface area (TPSA) is 78.4 Å². The first-order valence-corrected chi connectivity index (χ1v) is 5.35. The summed E-state index contributed by atoms with van der Waals surface area (Å²) in [7, 11) is 0. The van der Waals surface area contributed by atoms with Crippen LogP contribution >= 0.6 is 0 Å². The van der Waals surface area contributed by atoms with Crippen LogP contribution in [0.4, 0.5) is 0 Å². The van der Waals surface area contributed by atoms with Crippen molar-refractivity contribution in [1.29, 1.82) is 0 Å². The minimum Gasteiger partial charge on any atom is -0.508 e. The molecule has 0 aliphatic heterocycles. The van der Waals surface area contributed by atoms with E-state index in [1.807, 2.05) is 13.8 Å². The molecule has 3 N–H and O–H groups in total. The number of hydrogen-bond donors (Lipinski definition) is 3. The largest absolute Gasteiger partial charge is 0.508 e. The molecule has 0 atom stereocenters. The fraction of sp³-hybridized carbons (Fsp3) is 0.333. The fourth-order valence-electron chi connectivity index (χ4n) is 1.28. The third-order valence-corrected chi connectivity index (χ3v) is 1.97. The number of phenols is 1. The Balaban J connectivity index is 2.48. The van der Waals surface area contributed by atoms with Gasteiger partial charge in [-0.15, -0.1) is 0 Å². The zero-order valence-electron chi connectivity index (χ0n) is 9.86. The molecule has 5 heteroatoms. The van der Waals surface area contributed by atoms with E-state index in [2.05, 4.69) is 10.6 Å². The molecule has 0 aromatic heterocycles. The van der Waals surface area contributed by atoms with E-state index in [1.54, 1.807) is 12.1 Å². The van der Waals surface area contributed by atoms with Crippen molar-refractivity contribution in [1.82, 2.24) is 10.6 Å². The highest BCUT2D eigenvalue weighted by Crippen LogP contribution is 2.10. The van der Waals surface area contributed by atoms with Crippen molar-refractivity contribution in [3.63, 3.8) is 0 Å². The number of benzene rings is 1. The average Bonchev–Trinajstić information content (AvgIpc) is 2.25. The molecule has 0 saturated heterocycles. The summed E-state index contributed by atoms with van der Waals surface area (Å²) in [5.41, 5.74) is 0.322. The molecule has 1 aromatic carbocycles. The monoisotopic (exact) mass is 236 g/mol. The van der Waals surface area contributed by atoms with Crippen LogP contribution in [-0.4, -0.2) is 29.5 Å². The summed E-state index contributed by atoms with van der Waals surface area (Å²) in [6, 6.07) is 5.99. The maximum Gasteiger partial charge on any atom is 0.251 e. The lowest BCUT2D eigenvalue weighted by molar-refractivity contribution is -0.120. The van der Waals surface area contributed by atoms with E-state index in [4.69, 9.17) is 0 Å². The van der Waals surface area contributed by atoms with E-state index < -0.39 is 0 Å². The standard InChI is InChI=1S/C12H16N2O3/c1-8(2)14-11(16)7-13-12(17)9-4-3-5-10(15)6-9/h3-6,8,15H,7H2,1-2H3,(H,13,17)(H,14,16). The van der Waals surface area contributed by atoms with Gasteiger partial charge in [-0.2, -0.15) is 0 Å². The molecule has 0 saturated carbocycles. The van der Waals surface area contributed by atoms with Gasteiger partial charge in [0.25, 0.3) is 5.91 Å². The summed E-state index contributed by atoms with van der Waals surface area (Å²) in [4.78, 5) is 22.9. The Kier molecular flexibility index (Phi) is 4.51. The Morgan fingerprint density at radius 1 is 1.35 bits per heavy atom. The Morgan fingerprint density at radius 3 is 2.65 bits per heavy atom. The van der Waals surface area contributed by atoms with Gasteiger partial charge in [0, 0.05) is 11.6 Å². The van der Waals surface area contributed by atoms with Crippen LogP contribution in [0.3, 0.4) is 0 Å². The molecule has 0 fully saturated rings. The van der Waals surface area contributed by atoms with Crippen LogP contribution in [0.1, 0.15) is 24.2 Å². The number of nitrogens with one attached hydrogen (secondary N) is 2. The second kappa shape index (κ2) is 5.89. The average molecular weight is 236 g/mol. The molecule has 0 spiro atoms. The van der Waals surface area contributed by atoms with Crippen LogP contribution in [0.2, 0.25) is 0 Å². The number of phenolic OH excluding ortho intramolecular Hbond substituents is 1. The minimum atomic E-state index is -0.389. The molecule has 17 heavy (non-hydrogen) atoms. The fourth-order valence-corrected chi connectivity index (χ4v) is 1.28. The lowest BCUT2D eigenvalue weighted by atomic mass is 10.2. The van der Waals surface area contributed by atoms with Gasteiger partial charge in [0.05, 0.1) is 6.54 Å². The zero-order valence-corrected chi connectivity index (χ0v) is 9.86. The maximum atomic E-state index is 11.6. The van der Waals surface area contributed by atoms with E-state index >= 15 is 0 Å². The highest BCUT2D eigenvalue weighted by atomic mass is 16.3. The van der Waals surface area contributed by atoms with Gasteiger partial charge in [0.1, 0.15) is 5.75 Å². The molecule has 2 amide bonds. The molecular formula is C12H16N2O3. The third kappa shape index (κ3) is 4.55. The van der Waals surface area contributed by atoms with E-state index in [-0.39, 0.29) is 30.2 Å². The van der Waals surface area contributed by atoms with Crippen molar-refractivity contribution in [3.8, 4) is 5.75 Å². The summed E-state index contributed by atoms with van der Waals surface area (Å²) in [5, 5.41) is 14.3. The molecule has 0 radical (unpaired) electrons. The molecule has 1 aromatic rings. The van der Waals surface area contributed by atoms with Crippen molar-refractivity contribution >= 4 is 11.8 Å². The summed E-state index contributed by atoms with van der Waals surface area (Å²) >= 11 is 0. The van der Waals surface area contributed by atoms with Gasteiger partial charge in [0.2, 0.25) is 5.91 Å². The van der Waals surface area contributed by atoms with Crippen LogP contribution < -0.4 is 10.6 Å². The number of amides is 2. The Hall–Kier alpha value is -2.04.